The number of hydrazone groups is 1. The van der Waals surface area contributed by atoms with Gasteiger partial charge >= 0.3 is 0 Å². The highest BCUT2D eigenvalue weighted by Crippen LogP contribution is 2.22. The molecule has 0 atom stereocenters. The van der Waals surface area contributed by atoms with Crippen LogP contribution in [0.25, 0.3) is 0 Å². The highest BCUT2D eigenvalue weighted by Gasteiger charge is 2.01. The van der Waals surface area contributed by atoms with Crippen molar-refractivity contribution in [2.45, 2.75) is 6.42 Å². The van der Waals surface area contributed by atoms with Gasteiger partial charge in [0.25, 0.3) is 0 Å². The average Bonchev–Trinajstić information content (AvgIpc) is 2.17. The van der Waals surface area contributed by atoms with Crippen LogP contribution in [0.2, 0.25) is 5.02 Å². The van der Waals surface area contributed by atoms with Crippen molar-refractivity contribution in [2.75, 3.05) is 21.2 Å². The van der Waals surface area contributed by atoms with E-state index in [-0.39, 0.29) is 0 Å². The van der Waals surface area contributed by atoms with Crippen LogP contribution in [0.5, 0.6) is 5.75 Å². The van der Waals surface area contributed by atoms with Gasteiger partial charge in [0.1, 0.15) is 5.75 Å². The third kappa shape index (κ3) is 3.80. The number of ether oxygens (including phenoxy) is 1. The van der Waals surface area contributed by atoms with Gasteiger partial charge in [-0.3, -0.25) is 0 Å². The van der Waals surface area contributed by atoms with E-state index in [4.69, 9.17) is 16.3 Å². The van der Waals surface area contributed by atoms with Crippen LogP contribution in [-0.2, 0) is 6.42 Å². The van der Waals surface area contributed by atoms with Gasteiger partial charge in [0.2, 0.25) is 0 Å². The SMILES string of the molecule is COc1ccc(Cl)cc1C/C=N/N(C)C. The van der Waals surface area contributed by atoms with E-state index in [2.05, 4.69) is 5.10 Å². The van der Waals surface area contributed by atoms with Gasteiger partial charge in [-0.25, -0.2) is 0 Å². The quantitative estimate of drug-likeness (QED) is 0.582. The minimum Gasteiger partial charge on any atom is -0.496 e. The number of nitrogens with zero attached hydrogens (tertiary/aromatic N) is 2. The number of methoxy groups -OCH3 is 1. The van der Waals surface area contributed by atoms with Gasteiger partial charge in [-0.05, 0) is 18.2 Å². The first kappa shape index (κ1) is 11.9. The second kappa shape index (κ2) is 5.61. The minimum absolute atomic E-state index is 0.710. The summed E-state index contributed by atoms with van der Waals surface area (Å²) in [5, 5.41) is 6.59. The molecule has 1 aromatic rings. The fourth-order valence-corrected chi connectivity index (χ4v) is 1.40. The molecular formula is C11H15ClN2O. The first-order chi connectivity index (χ1) is 7.13. The lowest BCUT2D eigenvalue weighted by Gasteiger charge is -2.07. The third-order valence-electron chi connectivity index (χ3n) is 1.87. The van der Waals surface area contributed by atoms with Gasteiger partial charge in [-0.15, -0.1) is 0 Å². The van der Waals surface area contributed by atoms with Gasteiger partial charge in [0.15, 0.2) is 0 Å². The van der Waals surface area contributed by atoms with Crippen molar-refractivity contribution in [3.63, 3.8) is 0 Å². The molecule has 0 aliphatic heterocycles. The summed E-state index contributed by atoms with van der Waals surface area (Å²) in [6.45, 7) is 0. The van der Waals surface area contributed by atoms with E-state index in [1.165, 1.54) is 0 Å². The van der Waals surface area contributed by atoms with E-state index in [1.54, 1.807) is 12.1 Å². The molecule has 0 amide bonds. The zero-order chi connectivity index (χ0) is 11.3. The van der Waals surface area contributed by atoms with Crippen molar-refractivity contribution in [2.24, 2.45) is 5.10 Å². The Bertz CT molecular complexity index is 350. The number of hydrogen-bond donors (Lipinski definition) is 0. The Morgan fingerprint density at radius 2 is 2.20 bits per heavy atom. The molecule has 0 saturated carbocycles. The van der Waals surface area contributed by atoms with Crippen molar-refractivity contribution in [3.05, 3.63) is 28.8 Å². The minimum atomic E-state index is 0.710. The van der Waals surface area contributed by atoms with Gasteiger partial charge in [-0.2, -0.15) is 5.10 Å². The van der Waals surface area contributed by atoms with E-state index in [9.17, 15) is 0 Å². The first-order valence-corrected chi connectivity index (χ1v) is 5.03. The van der Waals surface area contributed by atoms with Crippen LogP contribution in [-0.4, -0.2) is 32.4 Å². The Labute approximate surface area is 95.3 Å². The summed E-state index contributed by atoms with van der Waals surface area (Å²) in [4.78, 5) is 0. The van der Waals surface area contributed by atoms with Crippen LogP contribution in [0.1, 0.15) is 5.56 Å². The Morgan fingerprint density at radius 3 is 2.80 bits per heavy atom. The molecule has 0 bridgehead atoms. The summed E-state index contributed by atoms with van der Waals surface area (Å²) in [5.41, 5.74) is 1.04. The molecule has 0 aliphatic rings. The number of hydrogen-bond acceptors (Lipinski definition) is 3. The second-order valence-corrected chi connectivity index (χ2v) is 3.74. The normalized spacial score (nSPS) is 10.7. The number of benzene rings is 1. The summed E-state index contributed by atoms with van der Waals surface area (Å²) in [5.74, 6) is 0.838. The average molecular weight is 227 g/mol. The van der Waals surface area contributed by atoms with Gasteiger partial charge in [0.05, 0.1) is 7.11 Å². The molecule has 0 N–H and O–H groups in total. The third-order valence-corrected chi connectivity index (χ3v) is 2.10. The van der Waals surface area contributed by atoms with Gasteiger partial charge in [0, 0.05) is 37.3 Å². The fraction of sp³-hybridized carbons (Fsp3) is 0.364. The molecule has 82 valence electrons. The second-order valence-electron chi connectivity index (χ2n) is 3.31. The lowest BCUT2D eigenvalue weighted by atomic mass is 10.1. The van der Waals surface area contributed by atoms with Crippen LogP contribution in [0.15, 0.2) is 23.3 Å². The van der Waals surface area contributed by atoms with Gasteiger partial charge < -0.3 is 9.75 Å². The van der Waals surface area contributed by atoms with E-state index in [1.807, 2.05) is 38.5 Å². The maximum absolute atomic E-state index is 5.90. The number of rotatable bonds is 4. The molecule has 0 radical (unpaired) electrons. The molecule has 1 rings (SSSR count). The topological polar surface area (TPSA) is 24.8 Å². The zero-order valence-corrected chi connectivity index (χ0v) is 9.95. The highest BCUT2D eigenvalue weighted by atomic mass is 35.5. The summed E-state index contributed by atoms with van der Waals surface area (Å²) in [6.07, 6.45) is 2.54. The molecule has 0 unspecified atom stereocenters. The van der Waals surface area contributed by atoms with Crippen molar-refractivity contribution in [1.29, 1.82) is 0 Å². The Balaban J connectivity index is 2.78. The molecule has 0 aromatic heterocycles. The van der Waals surface area contributed by atoms with Gasteiger partial charge in [-0.1, -0.05) is 11.6 Å². The molecule has 0 aliphatic carbocycles. The molecule has 3 nitrogen and oxygen atoms in total. The smallest absolute Gasteiger partial charge is 0.122 e. The van der Waals surface area contributed by atoms with Crippen LogP contribution >= 0.6 is 11.6 Å². The largest absolute Gasteiger partial charge is 0.496 e. The molecule has 0 spiro atoms. The molecule has 4 heteroatoms. The highest BCUT2D eigenvalue weighted by molar-refractivity contribution is 6.30. The summed E-state index contributed by atoms with van der Waals surface area (Å²) < 4.78 is 5.22. The molecule has 0 saturated heterocycles. The maximum Gasteiger partial charge on any atom is 0.122 e. The lowest BCUT2D eigenvalue weighted by Crippen LogP contribution is -2.03. The monoisotopic (exact) mass is 226 g/mol. The predicted molar refractivity (Wildman–Crippen MR) is 63.9 cm³/mol. The zero-order valence-electron chi connectivity index (χ0n) is 9.20. The van der Waals surface area contributed by atoms with Crippen molar-refractivity contribution < 1.29 is 4.74 Å². The predicted octanol–water partition coefficient (Wildman–Crippen LogP) is 2.44. The van der Waals surface area contributed by atoms with Crippen molar-refractivity contribution in [3.8, 4) is 5.75 Å². The standard InChI is InChI=1S/C11H15ClN2O/c1-14(2)13-7-6-9-8-10(12)4-5-11(9)15-3/h4-5,7-8H,6H2,1-3H3/b13-7+. The Morgan fingerprint density at radius 1 is 1.47 bits per heavy atom. The van der Waals surface area contributed by atoms with E-state index in [0.29, 0.717) is 11.4 Å². The van der Waals surface area contributed by atoms with Crippen molar-refractivity contribution in [1.82, 2.24) is 5.01 Å². The first-order valence-electron chi connectivity index (χ1n) is 4.65. The molecule has 0 fully saturated rings. The van der Waals surface area contributed by atoms with E-state index >= 15 is 0 Å². The molecule has 1 aromatic carbocycles. The molecular weight excluding hydrogens is 212 g/mol. The number of halogens is 1. The van der Waals surface area contributed by atoms with Crippen LogP contribution < -0.4 is 4.74 Å². The summed E-state index contributed by atoms with van der Waals surface area (Å²) in [6, 6.07) is 5.57. The summed E-state index contributed by atoms with van der Waals surface area (Å²) in [7, 11) is 5.41. The van der Waals surface area contributed by atoms with Crippen LogP contribution in [0, 0.1) is 0 Å². The van der Waals surface area contributed by atoms with Crippen molar-refractivity contribution >= 4 is 17.8 Å². The van der Waals surface area contributed by atoms with Crippen LogP contribution in [0.3, 0.4) is 0 Å². The van der Waals surface area contributed by atoms with E-state index in [0.717, 1.165) is 11.3 Å². The lowest BCUT2D eigenvalue weighted by molar-refractivity contribution is 0.410. The Hall–Kier alpha value is -1.22. The Kier molecular flexibility index (Phi) is 4.43. The van der Waals surface area contributed by atoms with Crippen LogP contribution in [0.4, 0.5) is 0 Å². The summed E-state index contributed by atoms with van der Waals surface area (Å²) >= 11 is 5.90. The van der Waals surface area contributed by atoms with E-state index < -0.39 is 0 Å². The molecule has 0 heterocycles. The fourth-order valence-electron chi connectivity index (χ4n) is 1.21. The molecule has 15 heavy (non-hydrogen) atoms. The maximum atomic E-state index is 5.90.